The molecule has 0 fully saturated rings. The Bertz CT molecular complexity index is 1330. The van der Waals surface area contributed by atoms with Gasteiger partial charge in [-0.3, -0.25) is 19.6 Å². The third-order valence-electron chi connectivity index (χ3n) is 10.0. The Morgan fingerprint density at radius 1 is 0.440 bits per heavy atom. The van der Waals surface area contributed by atoms with E-state index < -0.39 is 0 Å². The first kappa shape index (κ1) is 40.5. The van der Waals surface area contributed by atoms with Crippen LogP contribution in [0.2, 0.25) is 0 Å². The van der Waals surface area contributed by atoms with E-state index in [9.17, 15) is 19.8 Å². The molecular formula is C42H62N4O4. The summed E-state index contributed by atoms with van der Waals surface area (Å²) in [6.45, 7) is 19.4. The third-order valence-corrected chi connectivity index (χ3v) is 10.0. The Morgan fingerprint density at radius 2 is 0.640 bits per heavy atom. The number of nitrogens with zero attached hydrogens (tertiary/aromatic N) is 4. The van der Waals surface area contributed by atoms with E-state index in [1.54, 1.807) is 0 Å². The first-order chi connectivity index (χ1) is 24.0. The van der Waals surface area contributed by atoms with Gasteiger partial charge in [-0.2, -0.15) is 0 Å². The number of aliphatic hydroxyl groups is 2. The molecule has 0 aliphatic carbocycles. The van der Waals surface area contributed by atoms with Crippen LogP contribution in [0.3, 0.4) is 0 Å². The number of aliphatic hydroxyl groups excluding tert-OH is 2. The van der Waals surface area contributed by atoms with Crippen molar-refractivity contribution in [2.45, 2.75) is 94.3 Å². The first-order valence-electron chi connectivity index (χ1n) is 18.7. The number of hydrogen-bond acceptors (Lipinski definition) is 4. The zero-order chi connectivity index (χ0) is 36.8. The number of carbonyl (C=O) groups excluding carboxylic acids is 2. The number of rotatable bonds is 18. The van der Waals surface area contributed by atoms with Gasteiger partial charge in [0.2, 0.25) is 0 Å². The molecule has 4 unspecified atom stereocenters. The van der Waals surface area contributed by atoms with E-state index in [4.69, 9.17) is 0 Å². The van der Waals surface area contributed by atoms with Gasteiger partial charge in [-0.05, 0) is 83.3 Å². The number of benzene rings is 3. The van der Waals surface area contributed by atoms with Gasteiger partial charge in [0.1, 0.15) is 0 Å². The molecule has 274 valence electrons. The number of hydrogen-bond donors (Lipinski definition) is 2. The second-order valence-electron chi connectivity index (χ2n) is 14.2. The Balaban J connectivity index is 2.05. The maximum absolute atomic E-state index is 14.6. The van der Waals surface area contributed by atoms with E-state index in [1.807, 2.05) is 92.4 Å². The summed E-state index contributed by atoms with van der Waals surface area (Å²) in [4.78, 5) is 36.6. The summed E-state index contributed by atoms with van der Waals surface area (Å²) >= 11 is 0. The lowest BCUT2D eigenvalue weighted by Gasteiger charge is -2.35. The second-order valence-corrected chi connectivity index (χ2v) is 14.2. The van der Waals surface area contributed by atoms with Crippen LogP contribution in [0.15, 0.2) is 72.8 Å². The molecule has 8 heteroatoms. The van der Waals surface area contributed by atoms with E-state index in [0.29, 0.717) is 38.0 Å². The minimum Gasteiger partial charge on any atom is -0.392 e. The van der Waals surface area contributed by atoms with Gasteiger partial charge >= 0.3 is 12.1 Å². The van der Waals surface area contributed by atoms with E-state index in [0.717, 1.165) is 59.6 Å². The van der Waals surface area contributed by atoms with Crippen LogP contribution in [-0.2, 0) is 13.2 Å². The molecule has 3 aromatic carbocycles. The SMILES string of the molecule is CCC(C)CN(C(=O)N(CC(C)CC)c1ccc(N(CC(C)CC)C(=O)N(CC(C)CC)c2ccc(CO)cc2)cc1)c1ccc(CO)cc1. The molecule has 0 aromatic heterocycles. The minimum atomic E-state index is -0.0892. The summed E-state index contributed by atoms with van der Waals surface area (Å²) in [5.74, 6) is 1.14. The molecule has 2 N–H and O–H groups in total. The molecule has 0 saturated carbocycles. The molecule has 0 saturated heterocycles. The van der Waals surface area contributed by atoms with E-state index >= 15 is 0 Å². The largest absolute Gasteiger partial charge is 0.392 e. The van der Waals surface area contributed by atoms with Gasteiger partial charge < -0.3 is 10.2 Å². The lowest BCUT2D eigenvalue weighted by Crippen LogP contribution is -2.47. The van der Waals surface area contributed by atoms with Crippen LogP contribution in [-0.4, -0.2) is 48.5 Å². The topological polar surface area (TPSA) is 87.6 Å². The van der Waals surface area contributed by atoms with Crippen molar-refractivity contribution < 1.29 is 19.8 Å². The Labute approximate surface area is 301 Å². The highest BCUT2D eigenvalue weighted by atomic mass is 16.3. The van der Waals surface area contributed by atoms with Crippen molar-refractivity contribution in [3.63, 3.8) is 0 Å². The molecule has 0 bridgehead atoms. The van der Waals surface area contributed by atoms with Gasteiger partial charge in [-0.1, -0.05) is 105 Å². The van der Waals surface area contributed by atoms with Crippen molar-refractivity contribution >= 4 is 34.8 Å². The third kappa shape index (κ3) is 11.1. The summed E-state index contributed by atoms with van der Waals surface area (Å²) in [5, 5.41) is 19.2. The highest BCUT2D eigenvalue weighted by molar-refractivity contribution is 6.05. The van der Waals surface area contributed by atoms with Crippen LogP contribution in [0, 0.1) is 23.7 Å². The molecule has 0 heterocycles. The molecule has 0 radical (unpaired) electrons. The van der Waals surface area contributed by atoms with Crippen LogP contribution in [0.5, 0.6) is 0 Å². The number of carbonyl (C=O) groups is 2. The highest BCUT2D eigenvalue weighted by Crippen LogP contribution is 2.29. The number of amides is 4. The fourth-order valence-electron chi connectivity index (χ4n) is 5.61. The molecule has 0 aliphatic rings. The fourth-order valence-corrected chi connectivity index (χ4v) is 5.61. The van der Waals surface area contributed by atoms with Crippen molar-refractivity contribution in [3.8, 4) is 0 Å². The number of urea groups is 2. The molecule has 3 rings (SSSR count). The van der Waals surface area contributed by atoms with Crippen LogP contribution in [0.4, 0.5) is 32.3 Å². The standard InChI is InChI=1S/C42H62N4O4/c1-9-31(5)25-43(37-17-13-35(29-47)14-18-37)41(49)45(27-33(7)11-3)39-21-23-40(24-22-39)46(28-34(8)12-4)42(50)44(26-32(6)10-2)38-19-15-36(30-48)16-20-38/h13-24,31-34,47-48H,9-12,25-30H2,1-8H3. The van der Waals surface area contributed by atoms with Gasteiger partial charge in [-0.25, -0.2) is 9.59 Å². The molecule has 50 heavy (non-hydrogen) atoms. The van der Waals surface area contributed by atoms with Crippen molar-refractivity contribution in [1.29, 1.82) is 0 Å². The molecule has 3 aromatic rings. The fraction of sp³-hybridized carbons (Fsp3) is 0.524. The molecule has 0 aliphatic heterocycles. The summed E-state index contributed by atoms with van der Waals surface area (Å²) in [6.07, 6.45) is 3.75. The van der Waals surface area contributed by atoms with Gasteiger partial charge in [0, 0.05) is 48.9 Å². The van der Waals surface area contributed by atoms with Gasteiger partial charge in [0.05, 0.1) is 13.2 Å². The maximum atomic E-state index is 14.6. The zero-order valence-electron chi connectivity index (χ0n) is 31.8. The monoisotopic (exact) mass is 686 g/mol. The normalized spacial score (nSPS) is 13.6. The maximum Gasteiger partial charge on any atom is 0.328 e. The van der Waals surface area contributed by atoms with Crippen molar-refractivity contribution in [2.24, 2.45) is 23.7 Å². The lowest BCUT2D eigenvalue weighted by molar-refractivity contribution is 0.248. The van der Waals surface area contributed by atoms with Crippen LogP contribution in [0.1, 0.15) is 92.2 Å². The average molecular weight is 687 g/mol. The summed E-state index contributed by atoms with van der Waals surface area (Å²) in [6, 6.07) is 22.8. The predicted octanol–water partition coefficient (Wildman–Crippen LogP) is 9.72. The number of anilines is 4. The smallest absolute Gasteiger partial charge is 0.328 e. The summed E-state index contributed by atoms with van der Waals surface area (Å²) in [7, 11) is 0. The minimum absolute atomic E-state index is 0.0476. The molecule has 4 atom stereocenters. The summed E-state index contributed by atoms with van der Waals surface area (Å²) < 4.78 is 0. The lowest BCUT2D eigenvalue weighted by atomic mass is 10.1. The van der Waals surface area contributed by atoms with E-state index in [1.165, 1.54) is 0 Å². The van der Waals surface area contributed by atoms with E-state index in [2.05, 4.69) is 55.4 Å². The van der Waals surface area contributed by atoms with E-state index in [-0.39, 0.29) is 37.1 Å². The van der Waals surface area contributed by atoms with Crippen LogP contribution < -0.4 is 19.6 Å². The molecule has 0 spiro atoms. The zero-order valence-corrected chi connectivity index (χ0v) is 31.8. The van der Waals surface area contributed by atoms with Crippen LogP contribution >= 0.6 is 0 Å². The molecule has 4 amide bonds. The Morgan fingerprint density at radius 3 is 0.820 bits per heavy atom. The predicted molar refractivity (Wildman–Crippen MR) is 209 cm³/mol. The van der Waals surface area contributed by atoms with Gasteiger partial charge in [0.25, 0.3) is 0 Å². The van der Waals surface area contributed by atoms with Gasteiger partial charge in [0.15, 0.2) is 0 Å². The van der Waals surface area contributed by atoms with Crippen molar-refractivity contribution in [1.82, 2.24) is 0 Å². The van der Waals surface area contributed by atoms with Crippen molar-refractivity contribution in [2.75, 3.05) is 45.8 Å². The highest BCUT2D eigenvalue weighted by Gasteiger charge is 2.29. The summed E-state index contributed by atoms with van der Waals surface area (Å²) in [5.41, 5.74) is 4.78. The van der Waals surface area contributed by atoms with Crippen molar-refractivity contribution in [3.05, 3.63) is 83.9 Å². The molecular weight excluding hydrogens is 624 g/mol. The molecule has 8 nitrogen and oxygen atoms in total. The van der Waals surface area contributed by atoms with Gasteiger partial charge in [-0.15, -0.1) is 0 Å². The van der Waals surface area contributed by atoms with Crippen LogP contribution in [0.25, 0.3) is 0 Å². The second kappa shape index (κ2) is 20.1. The first-order valence-corrected chi connectivity index (χ1v) is 18.7. The Kier molecular flexibility index (Phi) is 16.3. The quantitative estimate of drug-likeness (QED) is 0.140. The average Bonchev–Trinajstić information content (AvgIpc) is 3.16. The Hall–Kier alpha value is -3.88.